The van der Waals surface area contributed by atoms with Crippen LogP contribution in [0.1, 0.15) is 30.0 Å². The molecule has 0 saturated heterocycles. The monoisotopic (exact) mass is 260 g/mol. The van der Waals surface area contributed by atoms with E-state index in [1.165, 1.54) is 24.1 Å². The van der Waals surface area contributed by atoms with Gasteiger partial charge in [-0.05, 0) is 37.3 Å². The third-order valence-electron chi connectivity index (χ3n) is 1.88. The maximum atomic E-state index is 3.46. The van der Waals surface area contributed by atoms with Crippen LogP contribution in [0.4, 0.5) is 0 Å². The molecule has 1 aromatic rings. The predicted octanol–water partition coefficient (Wildman–Crippen LogP) is 4.27. The van der Waals surface area contributed by atoms with E-state index in [9.17, 15) is 0 Å². The summed E-state index contributed by atoms with van der Waals surface area (Å²) in [4.78, 5) is 3.08. The van der Waals surface area contributed by atoms with Crippen LogP contribution in [-0.2, 0) is 12.8 Å². The Labute approximate surface area is 93.5 Å². The van der Waals surface area contributed by atoms with Gasteiger partial charge in [-0.25, -0.2) is 0 Å². The van der Waals surface area contributed by atoms with Gasteiger partial charge in [-0.15, -0.1) is 11.3 Å². The first-order valence-electron chi connectivity index (χ1n) is 4.86. The van der Waals surface area contributed by atoms with Crippen molar-refractivity contribution in [2.75, 3.05) is 5.33 Å². The Hall–Kier alpha value is 0.180. The molecule has 0 aromatic carbocycles. The molecular weight excluding hydrogens is 244 g/mol. The van der Waals surface area contributed by atoms with Crippen molar-refractivity contribution in [3.63, 3.8) is 0 Å². The molecule has 0 spiro atoms. The van der Waals surface area contributed by atoms with Gasteiger partial charge in [0.05, 0.1) is 0 Å². The second-order valence-corrected chi connectivity index (χ2v) is 5.80. The van der Waals surface area contributed by atoms with Crippen LogP contribution in [0.5, 0.6) is 0 Å². The smallest absolute Gasteiger partial charge is 0.00507 e. The highest BCUT2D eigenvalue weighted by Crippen LogP contribution is 2.21. The predicted molar refractivity (Wildman–Crippen MR) is 65.0 cm³/mol. The fourth-order valence-corrected chi connectivity index (χ4v) is 2.86. The van der Waals surface area contributed by atoms with Gasteiger partial charge < -0.3 is 0 Å². The minimum atomic E-state index is 0.780. The van der Waals surface area contributed by atoms with Crippen LogP contribution in [0.2, 0.25) is 0 Å². The Morgan fingerprint density at radius 3 is 2.62 bits per heavy atom. The summed E-state index contributed by atoms with van der Waals surface area (Å²) in [6, 6.07) is 4.57. The van der Waals surface area contributed by atoms with E-state index in [0.29, 0.717) is 0 Å². The zero-order valence-electron chi connectivity index (χ0n) is 8.35. The molecule has 2 heteroatoms. The Morgan fingerprint density at radius 2 is 2.00 bits per heavy atom. The molecule has 0 radical (unpaired) electrons. The lowest BCUT2D eigenvalue weighted by molar-refractivity contribution is 0.654. The number of alkyl halides is 1. The van der Waals surface area contributed by atoms with Gasteiger partial charge in [0.25, 0.3) is 0 Å². The molecule has 0 saturated carbocycles. The molecule has 0 aliphatic carbocycles. The summed E-state index contributed by atoms with van der Waals surface area (Å²) in [6.45, 7) is 4.55. The van der Waals surface area contributed by atoms with E-state index in [1.807, 2.05) is 11.3 Å². The van der Waals surface area contributed by atoms with Crippen molar-refractivity contribution in [3.05, 3.63) is 21.9 Å². The topological polar surface area (TPSA) is 0 Å². The molecule has 74 valence electrons. The number of hydrogen-bond donors (Lipinski definition) is 0. The number of thiophene rings is 1. The van der Waals surface area contributed by atoms with Gasteiger partial charge in [0, 0.05) is 15.1 Å². The second kappa shape index (κ2) is 5.82. The van der Waals surface area contributed by atoms with Gasteiger partial charge in [-0.2, -0.15) is 0 Å². The molecule has 1 aromatic heterocycles. The lowest BCUT2D eigenvalue weighted by Gasteiger charge is -1.99. The zero-order chi connectivity index (χ0) is 9.68. The maximum absolute atomic E-state index is 3.46. The minimum Gasteiger partial charge on any atom is -0.145 e. The van der Waals surface area contributed by atoms with Gasteiger partial charge in [0.2, 0.25) is 0 Å². The van der Waals surface area contributed by atoms with E-state index in [2.05, 4.69) is 41.9 Å². The van der Waals surface area contributed by atoms with E-state index in [-0.39, 0.29) is 0 Å². The van der Waals surface area contributed by atoms with Crippen LogP contribution in [0.15, 0.2) is 12.1 Å². The SMILES string of the molecule is CC(C)Cc1ccc(CCCBr)s1. The van der Waals surface area contributed by atoms with Crippen molar-refractivity contribution < 1.29 is 0 Å². The lowest BCUT2D eigenvalue weighted by Crippen LogP contribution is -1.89. The third kappa shape index (κ3) is 4.28. The van der Waals surface area contributed by atoms with Crippen molar-refractivity contribution >= 4 is 27.3 Å². The minimum absolute atomic E-state index is 0.780. The fourth-order valence-electron chi connectivity index (χ4n) is 1.31. The van der Waals surface area contributed by atoms with Crippen LogP contribution >= 0.6 is 27.3 Å². The molecule has 1 heterocycles. The van der Waals surface area contributed by atoms with Gasteiger partial charge in [0.1, 0.15) is 0 Å². The molecule has 0 aliphatic rings. The summed E-state index contributed by atoms with van der Waals surface area (Å²) in [5.41, 5.74) is 0. The Balaban J connectivity index is 2.44. The highest BCUT2D eigenvalue weighted by Gasteiger charge is 2.01. The Bertz CT molecular complexity index is 240. The van der Waals surface area contributed by atoms with E-state index in [4.69, 9.17) is 0 Å². The summed E-state index contributed by atoms with van der Waals surface area (Å²) in [5, 5.41) is 1.12. The van der Waals surface area contributed by atoms with E-state index in [1.54, 1.807) is 4.88 Å². The van der Waals surface area contributed by atoms with Gasteiger partial charge in [0.15, 0.2) is 0 Å². The first-order valence-corrected chi connectivity index (χ1v) is 6.79. The first-order chi connectivity index (χ1) is 6.22. The molecule has 0 nitrogen and oxygen atoms in total. The summed E-state index contributed by atoms with van der Waals surface area (Å²) in [5.74, 6) is 0.780. The quantitative estimate of drug-likeness (QED) is 0.694. The number of rotatable bonds is 5. The van der Waals surface area contributed by atoms with Gasteiger partial charge in [-0.1, -0.05) is 29.8 Å². The molecule has 0 amide bonds. The van der Waals surface area contributed by atoms with E-state index >= 15 is 0 Å². The van der Waals surface area contributed by atoms with Crippen LogP contribution in [0.25, 0.3) is 0 Å². The molecule has 0 aliphatic heterocycles. The van der Waals surface area contributed by atoms with Crippen molar-refractivity contribution in [2.24, 2.45) is 5.92 Å². The molecule has 13 heavy (non-hydrogen) atoms. The second-order valence-electron chi connectivity index (χ2n) is 3.76. The lowest BCUT2D eigenvalue weighted by atomic mass is 10.1. The van der Waals surface area contributed by atoms with Gasteiger partial charge >= 0.3 is 0 Å². The Kier molecular flexibility index (Phi) is 5.04. The molecular formula is C11H17BrS. The highest BCUT2D eigenvalue weighted by atomic mass is 79.9. The largest absolute Gasteiger partial charge is 0.145 e. The van der Waals surface area contributed by atoms with Gasteiger partial charge in [-0.3, -0.25) is 0 Å². The summed E-state index contributed by atoms with van der Waals surface area (Å²) in [7, 11) is 0. The summed E-state index contributed by atoms with van der Waals surface area (Å²) < 4.78 is 0. The summed E-state index contributed by atoms with van der Waals surface area (Å²) >= 11 is 5.44. The standard InChI is InChI=1S/C11H17BrS/c1-9(2)8-11-6-5-10(13-11)4-3-7-12/h5-6,9H,3-4,7-8H2,1-2H3. The Morgan fingerprint density at radius 1 is 1.31 bits per heavy atom. The van der Waals surface area contributed by atoms with Crippen LogP contribution in [0, 0.1) is 5.92 Å². The molecule has 0 bridgehead atoms. The zero-order valence-corrected chi connectivity index (χ0v) is 10.7. The van der Waals surface area contributed by atoms with E-state index < -0.39 is 0 Å². The average Bonchev–Trinajstić information content (AvgIpc) is 2.48. The number of halogens is 1. The normalized spacial score (nSPS) is 11.1. The molecule has 0 N–H and O–H groups in total. The van der Waals surface area contributed by atoms with Crippen molar-refractivity contribution in [1.82, 2.24) is 0 Å². The van der Waals surface area contributed by atoms with Crippen molar-refractivity contribution in [1.29, 1.82) is 0 Å². The molecule has 0 fully saturated rings. The third-order valence-corrected chi connectivity index (χ3v) is 3.61. The van der Waals surface area contributed by atoms with Crippen LogP contribution in [0.3, 0.4) is 0 Å². The average molecular weight is 261 g/mol. The molecule has 0 unspecified atom stereocenters. The highest BCUT2D eigenvalue weighted by molar-refractivity contribution is 9.09. The number of aryl methyl sites for hydroxylation is 1. The van der Waals surface area contributed by atoms with Crippen LogP contribution < -0.4 is 0 Å². The van der Waals surface area contributed by atoms with Crippen molar-refractivity contribution in [3.8, 4) is 0 Å². The number of hydrogen-bond acceptors (Lipinski definition) is 1. The molecule has 1 rings (SSSR count). The fraction of sp³-hybridized carbons (Fsp3) is 0.636. The first kappa shape index (κ1) is 11.3. The van der Waals surface area contributed by atoms with E-state index in [0.717, 1.165) is 11.2 Å². The summed E-state index contributed by atoms with van der Waals surface area (Å²) in [6.07, 6.45) is 3.72. The van der Waals surface area contributed by atoms with Crippen LogP contribution in [-0.4, -0.2) is 5.33 Å². The molecule has 0 atom stereocenters. The maximum Gasteiger partial charge on any atom is 0.00507 e. The van der Waals surface area contributed by atoms with Crippen molar-refractivity contribution in [2.45, 2.75) is 33.1 Å².